The number of ketones is 1. The van der Waals surface area contributed by atoms with Crippen LogP contribution in [0.4, 0.5) is 0 Å². The molecule has 0 amide bonds. The predicted octanol–water partition coefficient (Wildman–Crippen LogP) is 3.33. The highest BCUT2D eigenvalue weighted by atomic mass is 79.9. The number of carbonyl (C=O) groups is 1. The zero-order chi connectivity index (χ0) is 12.0. The molecule has 0 atom stereocenters. The summed E-state index contributed by atoms with van der Waals surface area (Å²) in [6.07, 6.45) is 0.397. The molecule has 16 heavy (non-hydrogen) atoms. The van der Waals surface area contributed by atoms with Gasteiger partial charge in [-0.2, -0.15) is 0 Å². The van der Waals surface area contributed by atoms with Gasteiger partial charge in [-0.15, -0.1) is 11.6 Å². The number of ether oxygens (including phenoxy) is 1. The van der Waals surface area contributed by atoms with Crippen molar-refractivity contribution in [1.82, 2.24) is 0 Å². The first-order chi connectivity index (χ1) is 7.71. The molecular formula is C12H14BrClO2. The number of halogens is 2. The topological polar surface area (TPSA) is 26.3 Å². The van der Waals surface area contributed by atoms with Crippen molar-refractivity contribution in [2.24, 2.45) is 0 Å². The van der Waals surface area contributed by atoms with Crippen LogP contribution >= 0.6 is 27.5 Å². The third kappa shape index (κ3) is 3.80. The number of alkyl halides is 2. The Kier molecular flexibility index (Phi) is 5.85. The molecule has 0 saturated heterocycles. The van der Waals surface area contributed by atoms with E-state index in [1.54, 1.807) is 0 Å². The Balaban J connectivity index is 2.92. The van der Waals surface area contributed by atoms with Gasteiger partial charge in [-0.1, -0.05) is 22.0 Å². The first-order valence-electron chi connectivity index (χ1n) is 5.09. The van der Waals surface area contributed by atoms with E-state index in [-0.39, 0.29) is 5.78 Å². The zero-order valence-corrected chi connectivity index (χ0v) is 11.5. The van der Waals surface area contributed by atoms with E-state index in [1.807, 2.05) is 25.1 Å². The molecule has 0 unspecified atom stereocenters. The summed E-state index contributed by atoms with van der Waals surface area (Å²) in [5.41, 5.74) is 1.94. The molecule has 4 heteroatoms. The second kappa shape index (κ2) is 6.92. The van der Waals surface area contributed by atoms with Crippen molar-refractivity contribution in [2.75, 3.05) is 11.9 Å². The van der Waals surface area contributed by atoms with Crippen LogP contribution in [0.15, 0.2) is 18.2 Å². The lowest BCUT2D eigenvalue weighted by Crippen LogP contribution is -2.06. The van der Waals surface area contributed by atoms with Gasteiger partial charge < -0.3 is 4.74 Å². The lowest BCUT2D eigenvalue weighted by Gasteiger charge is -2.09. The number of rotatable bonds is 6. The molecule has 0 radical (unpaired) electrons. The van der Waals surface area contributed by atoms with Crippen LogP contribution in [0.25, 0.3) is 0 Å². The van der Waals surface area contributed by atoms with Gasteiger partial charge in [0.05, 0.1) is 11.9 Å². The average Bonchev–Trinajstić information content (AvgIpc) is 2.30. The van der Waals surface area contributed by atoms with Crippen molar-refractivity contribution in [3.05, 3.63) is 29.3 Å². The molecule has 0 N–H and O–H groups in total. The van der Waals surface area contributed by atoms with Crippen molar-refractivity contribution in [1.29, 1.82) is 0 Å². The van der Waals surface area contributed by atoms with Crippen molar-refractivity contribution in [3.8, 4) is 5.75 Å². The molecule has 0 aliphatic carbocycles. The summed E-state index contributed by atoms with van der Waals surface area (Å²) >= 11 is 8.98. The maximum Gasteiger partial charge on any atom is 0.147 e. The molecule has 1 aromatic carbocycles. The highest BCUT2D eigenvalue weighted by Gasteiger charge is 2.08. The summed E-state index contributed by atoms with van der Waals surface area (Å²) < 4.78 is 5.40. The van der Waals surface area contributed by atoms with Gasteiger partial charge in [-0.3, -0.25) is 4.79 Å². The van der Waals surface area contributed by atoms with Gasteiger partial charge in [0.1, 0.15) is 11.5 Å². The summed E-state index contributed by atoms with van der Waals surface area (Å²) in [4.78, 5) is 11.4. The smallest absolute Gasteiger partial charge is 0.147 e. The first-order valence-corrected chi connectivity index (χ1v) is 6.75. The van der Waals surface area contributed by atoms with Crippen LogP contribution in [-0.4, -0.2) is 17.7 Å². The monoisotopic (exact) mass is 304 g/mol. The van der Waals surface area contributed by atoms with Gasteiger partial charge >= 0.3 is 0 Å². The van der Waals surface area contributed by atoms with E-state index >= 15 is 0 Å². The summed E-state index contributed by atoms with van der Waals surface area (Å²) in [5.74, 6) is 1.34. The van der Waals surface area contributed by atoms with Crippen molar-refractivity contribution >= 4 is 33.3 Å². The molecule has 0 aromatic heterocycles. The number of hydrogen-bond donors (Lipinski definition) is 0. The maximum absolute atomic E-state index is 11.4. The normalized spacial score (nSPS) is 10.2. The minimum Gasteiger partial charge on any atom is -0.494 e. The number of carbonyl (C=O) groups excluding carboxylic acids is 1. The number of Topliss-reactive ketones (excluding diaryl/α,β-unsaturated/α-hetero) is 1. The number of benzene rings is 1. The fraction of sp³-hybridized carbons (Fsp3) is 0.417. The highest BCUT2D eigenvalue weighted by Crippen LogP contribution is 2.20. The summed E-state index contributed by atoms with van der Waals surface area (Å²) in [7, 11) is 0. The van der Waals surface area contributed by atoms with Crippen LogP contribution in [0, 0.1) is 0 Å². The predicted molar refractivity (Wildman–Crippen MR) is 69.7 cm³/mol. The van der Waals surface area contributed by atoms with Crippen LogP contribution in [0.1, 0.15) is 18.1 Å². The van der Waals surface area contributed by atoms with Gasteiger partial charge in [0.25, 0.3) is 0 Å². The Hall–Kier alpha value is -0.540. The second-order valence-corrected chi connectivity index (χ2v) is 4.17. The highest BCUT2D eigenvalue weighted by molar-refractivity contribution is 9.09. The second-order valence-electron chi connectivity index (χ2n) is 3.35. The zero-order valence-electron chi connectivity index (χ0n) is 9.13. The van der Waals surface area contributed by atoms with E-state index in [0.717, 1.165) is 16.9 Å². The Bertz CT molecular complexity index is 366. The summed E-state index contributed by atoms with van der Waals surface area (Å²) in [5, 5.41) is 0.369. The molecule has 0 bridgehead atoms. The molecule has 0 aliphatic rings. The molecule has 0 fully saturated rings. The third-order valence-corrected chi connectivity index (χ3v) is 3.08. The van der Waals surface area contributed by atoms with Gasteiger partial charge in [0.2, 0.25) is 0 Å². The SMILES string of the molecule is CCOc1ccc(CCl)c(CC(=O)CBr)c1. The van der Waals surface area contributed by atoms with E-state index in [1.165, 1.54) is 0 Å². The molecule has 88 valence electrons. The quantitative estimate of drug-likeness (QED) is 0.754. The molecule has 1 rings (SSSR count). The lowest BCUT2D eigenvalue weighted by molar-refractivity contribution is -0.115. The van der Waals surface area contributed by atoms with Gasteiger partial charge in [0, 0.05) is 12.3 Å². The Morgan fingerprint density at radius 1 is 1.44 bits per heavy atom. The van der Waals surface area contributed by atoms with Crippen LogP contribution < -0.4 is 4.74 Å². The minimum atomic E-state index is 0.139. The average molecular weight is 306 g/mol. The standard InChI is InChI=1S/C12H14BrClO2/c1-2-16-12-4-3-9(8-14)10(6-12)5-11(15)7-13/h3-4,6H,2,5,7-8H2,1H3. The van der Waals surface area contributed by atoms with Gasteiger partial charge in [0.15, 0.2) is 0 Å². The van der Waals surface area contributed by atoms with Crippen LogP contribution in [0.2, 0.25) is 0 Å². The molecule has 2 nitrogen and oxygen atoms in total. The van der Waals surface area contributed by atoms with E-state index in [4.69, 9.17) is 16.3 Å². The fourth-order valence-corrected chi connectivity index (χ4v) is 1.87. The van der Waals surface area contributed by atoms with Crippen molar-refractivity contribution in [3.63, 3.8) is 0 Å². The minimum absolute atomic E-state index is 0.139. The molecule has 0 spiro atoms. The maximum atomic E-state index is 11.4. The first kappa shape index (κ1) is 13.5. The van der Waals surface area contributed by atoms with Crippen molar-refractivity contribution in [2.45, 2.75) is 19.2 Å². The van der Waals surface area contributed by atoms with Crippen molar-refractivity contribution < 1.29 is 9.53 Å². The molecular weight excluding hydrogens is 291 g/mol. The van der Waals surface area contributed by atoms with Crippen LogP contribution in [-0.2, 0) is 17.1 Å². The molecule has 0 aliphatic heterocycles. The van der Waals surface area contributed by atoms with E-state index in [9.17, 15) is 4.79 Å². The van der Waals surface area contributed by atoms with Crippen LogP contribution in [0.3, 0.4) is 0 Å². The summed E-state index contributed by atoms with van der Waals surface area (Å²) in [6, 6.07) is 5.68. The number of hydrogen-bond acceptors (Lipinski definition) is 2. The Morgan fingerprint density at radius 2 is 2.19 bits per heavy atom. The lowest BCUT2D eigenvalue weighted by atomic mass is 10.0. The van der Waals surface area contributed by atoms with E-state index < -0.39 is 0 Å². The Labute approximate surface area is 109 Å². The Morgan fingerprint density at radius 3 is 2.75 bits per heavy atom. The molecule has 1 aromatic rings. The van der Waals surface area contributed by atoms with Gasteiger partial charge in [-0.05, 0) is 30.2 Å². The van der Waals surface area contributed by atoms with Gasteiger partial charge in [-0.25, -0.2) is 0 Å². The van der Waals surface area contributed by atoms with E-state index in [0.29, 0.717) is 24.2 Å². The largest absolute Gasteiger partial charge is 0.494 e. The fourth-order valence-electron chi connectivity index (χ4n) is 1.41. The van der Waals surface area contributed by atoms with E-state index in [2.05, 4.69) is 15.9 Å². The molecule has 0 saturated carbocycles. The van der Waals surface area contributed by atoms with Crippen LogP contribution in [0.5, 0.6) is 5.75 Å². The third-order valence-electron chi connectivity index (χ3n) is 2.17. The molecule has 0 heterocycles. The summed E-state index contributed by atoms with van der Waals surface area (Å²) in [6.45, 7) is 2.55.